The van der Waals surface area contributed by atoms with Gasteiger partial charge in [-0.05, 0) is 20.8 Å². The van der Waals surface area contributed by atoms with E-state index in [1.807, 2.05) is 20.8 Å². The molecule has 2 atom stereocenters. The number of ether oxygens (including phenoxy) is 3. The average molecular weight is 160 g/mol. The van der Waals surface area contributed by atoms with E-state index in [2.05, 4.69) is 0 Å². The topological polar surface area (TPSA) is 27.7 Å². The summed E-state index contributed by atoms with van der Waals surface area (Å²) >= 11 is 0. The van der Waals surface area contributed by atoms with E-state index in [-0.39, 0.29) is 12.2 Å². The van der Waals surface area contributed by atoms with E-state index in [1.54, 1.807) is 7.11 Å². The van der Waals surface area contributed by atoms with Crippen molar-refractivity contribution in [1.29, 1.82) is 0 Å². The molecule has 0 bridgehead atoms. The lowest BCUT2D eigenvalue weighted by Crippen LogP contribution is -2.25. The van der Waals surface area contributed by atoms with E-state index in [1.165, 1.54) is 0 Å². The molecule has 0 aromatic heterocycles. The highest BCUT2D eigenvalue weighted by Crippen LogP contribution is 2.27. The van der Waals surface area contributed by atoms with Gasteiger partial charge in [-0.2, -0.15) is 0 Å². The van der Waals surface area contributed by atoms with E-state index in [0.29, 0.717) is 6.61 Å². The second kappa shape index (κ2) is 3.09. The number of rotatable bonds is 2. The first-order chi connectivity index (χ1) is 5.05. The molecule has 0 aromatic rings. The van der Waals surface area contributed by atoms with Crippen molar-refractivity contribution in [2.24, 2.45) is 0 Å². The monoisotopic (exact) mass is 160 g/mol. The van der Waals surface area contributed by atoms with Gasteiger partial charge in [0.2, 0.25) is 0 Å². The Balaban J connectivity index is 2.45. The summed E-state index contributed by atoms with van der Waals surface area (Å²) in [5.41, 5.74) is 0. The Morgan fingerprint density at radius 1 is 1.36 bits per heavy atom. The first kappa shape index (κ1) is 8.97. The normalized spacial score (nSPS) is 36.0. The first-order valence-corrected chi connectivity index (χ1v) is 3.90. The molecule has 3 nitrogen and oxygen atoms in total. The van der Waals surface area contributed by atoms with Gasteiger partial charge in [0.15, 0.2) is 5.79 Å². The molecule has 0 aliphatic carbocycles. The van der Waals surface area contributed by atoms with Crippen molar-refractivity contribution in [3.05, 3.63) is 0 Å². The Labute approximate surface area is 67.6 Å². The fourth-order valence-corrected chi connectivity index (χ4v) is 1.35. The van der Waals surface area contributed by atoms with Crippen LogP contribution in [0.3, 0.4) is 0 Å². The van der Waals surface area contributed by atoms with Gasteiger partial charge in [-0.15, -0.1) is 0 Å². The van der Waals surface area contributed by atoms with Crippen LogP contribution in [0.15, 0.2) is 0 Å². The van der Waals surface area contributed by atoms with Gasteiger partial charge in [0.25, 0.3) is 0 Å². The van der Waals surface area contributed by atoms with Gasteiger partial charge in [0.05, 0.1) is 12.7 Å². The second-order valence-electron chi connectivity index (χ2n) is 3.33. The largest absolute Gasteiger partial charge is 0.382 e. The predicted molar refractivity (Wildman–Crippen MR) is 41.4 cm³/mol. The maximum atomic E-state index is 5.55. The molecule has 0 saturated carbocycles. The van der Waals surface area contributed by atoms with E-state index >= 15 is 0 Å². The molecule has 1 aliphatic rings. The molecule has 0 aromatic carbocycles. The zero-order valence-corrected chi connectivity index (χ0v) is 7.59. The van der Waals surface area contributed by atoms with E-state index < -0.39 is 5.79 Å². The Kier molecular flexibility index (Phi) is 2.52. The molecule has 0 N–H and O–H groups in total. The molecule has 1 heterocycles. The summed E-state index contributed by atoms with van der Waals surface area (Å²) in [5, 5.41) is 0. The summed E-state index contributed by atoms with van der Waals surface area (Å²) in [6, 6.07) is 0. The van der Waals surface area contributed by atoms with Crippen LogP contribution in [-0.4, -0.2) is 31.7 Å². The minimum Gasteiger partial charge on any atom is -0.382 e. The van der Waals surface area contributed by atoms with Gasteiger partial charge in [0, 0.05) is 7.11 Å². The summed E-state index contributed by atoms with van der Waals surface area (Å²) in [6.07, 6.45) is 0.208. The lowest BCUT2D eigenvalue weighted by molar-refractivity contribution is -0.148. The van der Waals surface area contributed by atoms with Crippen LogP contribution in [-0.2, 0) is 14.2 Å². The number of hydrogen-bond acceptors (Lipinski definition) is 3. The van der Waals surface area contributed by atoms with Crippen LogP contribution in [0.4, 0.5) is 0 Å². The molecular weight excluding hydrogens is 144 g/mol. The van der Waals surface area contributed by atoms with Gasteiger partial charge in [-0.1, -0.05) is 0 Å². The SMILES string of the molecule is COC[C@@H]1OC(C)(C)O[C@@H]1C. The fourth-order valence-electron chi connectivity index (χ4n) is 1.35. The summed E-state index contributed by atoms with van der Waals surface area (Å²) < 4.78 is 16.1. The standard InChI is InChI=1S/C8H16O3/c1-6-7(5-9-4)11-8(2,3)10-6/h6-7H,5H2,1-4H3/t6-,7+/m1/s1. The average Bonchev–Trinajstić information content (AvgIpc) is 2.07. The zero-order valence-electron chi connectivity index (χ0n) is 7.59. The summed E-state index contributed by atoms with van der Waals surface area (Å²) in [7, 11) is 1.67. The van der Waals surface area contributed by atoms with Crippen molar-refractivity contribution in [3.63, 3.8) is 0 Å². The molecule has 0 amide bonds. The van der Waals surface area contributed by atoms with Gasteiger partial charge in [0.1, 0.15) is 6.10 Å². The molecule has 11 heavy (non-hydrogen) atoms. The summed E-state index contributed by atoms with van der Waals surface area (Å²) in [4.78, 5) is 0. The first-order valence-electron chi connectivity index (χ1n) is 3.90. The quantitative estimate of drug-likeness (QED) is 0.607. The van der Waals surface area contributed by atoms with E-state index in [4.69, 9.17) is 14.2 Å². The highest BCUT2D eigenvalue weighted by atomic mass is 16.8. The van der Waals surface area contributed by atoms with Gasteiger partial charge in [-0.3, -0.25) is 0 Å². The van der Waals surface area contributed by atoms with Crippen LogP contribution in [0.25, 0.3) is 0 Å². The van der Waals surface area contributed by atoms with Crippen molar-refractivity contribution >= 4 is 0 Å². The number of hydrogen-bond donors (Lipinski definition) is 0. The predicted octanol–water partition coefficient (Wildman–Crippen LogP) is 1.17. The van der Waals surface area contributed by atoms with Gasteiger partial charge >= 0.3 is 0 Å². The Hall–Kier alpha value is -0.120. The minimum absolute atomic E-state index is 0.0787. The molecule has 3 heteroatoms. The van der Waals surface area contributed by atoms with Crippen LogP contribution in [0.5, 0.6) is 0 Å². The molecule has 66 valence electrons. The molecule has 0 radical (unpaired) electrons. The van der Waals surface area contributed by atoms with Crippen molar-refractivity contribution < 1.29 is 14.2 Å². The smallest absolute Gasteiger partial charge is 0.163 e. The highest BCUT2D eigenvalue weighted by molar-refractivity contribution is 4.77. The highest BCUT2D eigenvalue weighted by Gasteiger charge is 2.38. The van der Waals surface area contributed by atoms with E-state index in [0.717, 1.165) is 0 Å². The third-order valence-electron chi connectivity index (χ3n) is 1.76. The molecule has 1 fully saturated rings. The van der Waals surface area contributed by atoms with Crippen LogP contribution in [0.2, 0.25) is 0 Å². The molecule has 1 saturated heterocycles. The van der Waals surface area contributed by atoms with E-state index in [9.17, 15) is 0 Å². The van der Waals surface area contributed by atoms with Crippen molar-refractivity contribution in [1.82, 2.24) is 0 Å². The van der Waals surface area contributed by atoms with Crippen molar-refractivity contribution in [2.75, 3.05) is 13.7 Å². The van der Waals surface area contributed by atoms with Crippen LogP contribution in [0.1, 0.15) is 20.8 Å². The molecule has 1 rings (SSSR count). The minimum atomic E-state index is -0.442. The Bertz CT molecular complexity index is 133. The van der Waals surface area contributed by atoms with Crippen LogP contribution >= 0.6 is 0 Å². The summed E-state index contributed by atoms with van der Waals surface area (Å²) in [5.74, 6) is -0.442. The maximum absolute atomic E-state index is 5.55. The maximum Gasteiger partial charge on any atom is 0.163 e. The Morgan fingerprint density at radius 3 is 2.36 bits per heavy atom. The van der Waals surface area contributed by atoms with Gasteiger partial charge in [-0.25, -0.2) is 0 Å². The second-order valence-corrected chi connectivity index (χ2v) is 3.33. The molecular formula is C8H16O3. The molecule has 0 unspecified atom stereocenters. The number of methoxy groups -OCH3 is 1. The van der Waals surface area contributed by atoms with Crippen LogP contribution < -0.4 is 0 Å². The third-order valence-corrected chi connectivity index (χ3v) is 1.76. The van der Waals surface area contributed by atoms with Gasteiger partial charge < -0.3 is 14.2 Å². The zero-order chi connectivity index (χ0) is 8.48. The Morgan fingerprint density at radius 2 is 2.00 bits per heavy atom. The lowest BCUT2D eigenvalue weighted by Gasteiger charge is -2.16. The molecule has 1 aliphatic heterocycles. The summed E-state index contributed by atoms with van der Waals surface area (Å²) in [6.45, 7) is 6.43. The third kappa shape index (κ3) is 2.15. The van der Waals surface area contributed by atoms with Crippen molar-refractivity contribution in [3.8, 4) is 0 Å². The fraction of sp³-hybridized carbons (Fsp3) is 1.00. The lowest BCUT2D eigenvalue weighted by atomic mass is 10.2. The van der Waals surface area contributed by atoms with Crippen LogP contribution in [0, 0.1) is 0 Å². The van der Waals surface area contributed by atoms with Crippen molar-refractivity contribution in [2.45, 2.75) is 38.8 Å². The molecule has 0 spiro atoms.